The van der Waals surface area contributed by atoms with Gasteiger partial charge in [-0.3, -0.25) is 0 Å². The predicted octanol–water partition coefficient (Wildman–Crippen LogP) is 7.16. The van der Waals surface area contributed by atoms with E-state index in [4.69, 9.17) is 24.4 Å². The fraction of sp³-hybridized carbons (Fsp3) is 0.500. The van der Waals surface area contributed by atoms with Crippen LogP contribution in [0.15, 0.2) is 60.7 Å². The van der Waals surface area contributed by atoms with Crippen molar-refractivity contribution in [3.05, 3.63) is 71.8 Å². The molecule has 0 aliphatic rings. The fourth-order valence-corrected chi connectivity index (χ4v) is 7.79. The first-order valence-electron chi connectivity index (χ1n) is 13.6. The van der Waals surface area contributed by atoms with Crippen LogP contribution in [0.25, 0.3) is 0 Å². The van der Waals surface area contributed by atoms with Crippen LogP contribution in [0.5, 0.6) is 0 Å². The Kier molecular flexibility index (Phi) is 14.0. The molecule has 0 atom stereocenters. The van der Waals surface area contributed by atoms with Gasteiger partial charge in [0, 0.05) is 50.8 Å². The third-order valence-electron chi connectivity index (χ3n) is 6.76. The van der Waals surface area contributed by atoms with Gasteiger partial charge in [0.1, 0.15) is 0 Å². The Bertz CT molecular complexity index is 999. The summed E-state index contributed by atoms with van der Waals surface area (Å²) >= 11 is 11.5. The molecule has 0 spiro atoms. The van der Waals surface area contributed by atoms with Crippen LogP contribution in [-0.2, 0) is 22.2 Å². The molecule has 0 saturated carbocycles. The number of benzene rings is 2. The van der Waals surface area contributed by atoms with Gasteiger partial charge in [0.2, 0.25) is 0 Å². The maximum Gasteiger partial charge on any atom is 0.174 e. The molecule has 0 unspecified atom stereocenters. The minimum atomic E-state index is -2.52. The first kappa shape index (κ1) is 32.5. The molecule has 0 amide bonds. The predicted molar refractivity (Wildman–Crippen MR) is 172 cm³/mol. The van der Waals surface area contributed by atoms with Gasteiger partial charge in [-0.25, -0.2) is 0 Å². The summed E-state index contributed by atoms with van der Waals surface area (Å²) in [6.07, 6.45) is 4.04. The summed E-state index contributed by atoms with van der Waals surface area (Å²) < 4.78 is 26.1. The van der Waals surface area contributed by atoms with Gasteiger partial charge in [-0.05, 0) is 48.4 Å². The monoisotopic (exact) mass is 594 g/mol. The fourth-order valence-electron chi connectivity index (χ4n) is 3.97. The Labute approximate surface area is 240 Å². The number of thiocarbonyl (C=S) groups is 2. The van der Waals surface area contributed by atoms with Crippen molar-refractivity contribution in [2.45, 2.75) is 53.6 Å². The third-order valence-corrected chi connectivity index (χ3v) is 13.1. The van der Waals surface area contributed by atoms with E-state index in [1.165, 1.54) is 0 Å². The lowest BCUT2D eigenvalue weighted by Crippen LogP contribution is -2.40. The highest BCUT2D eigenvalue weighted by Gasteiger charge is 2.23. The Morgan fingerprint density at radius 3 is 1.24 bits per heavy atom. The van der Waals surface area contributed by atoms with Crippen molar-refractivity contribution in [1.82, 2.24) is 20.0 Å². The van der Waals surface area contributed by atoms with Gasteiger partial charge >= 0.3 is 0 Å². The number of unbranched alkanes of at least 4 members (excludes halogenated alkanes) is 1. The molecule has 0 bridgehead atoms. The van der Waals surface area contributed by atoms with Crippen molar-refractivity contribution < 1.29 is 9.13 Å². The topological polar surface area (TPSA) is 64.7 Å². The second kappa shape index (κ2) is 16.4. The van der Waals surface area contributed by atoms with Crippen LogP contribution < -0.4 is 10.2 Å². The molecule has 2 aromatic rings. The normalized spacial score (nSPS) is 11.6. The lowest BCUT2D eigenvalue weighted by molar-refractivity contribution is 0.359. The highest BCUT2D eigenvalue weighted by atomic mass is 32.1. The van der Waals surface area contributed by atoms with Gasteiger partial charge in [0.25, 0.3) is 0 Å². The molecular weight excluding hydrogens is 550 g/mol. The van der Waals surface area contributed by atoms with E-state index in [1.807, 2.05) is 64.1 Å². The van der Waals surface area contributed by atoms with E-state index in [-0.39, 0.29) is 0 Å². The van der Waals surface area contributed by atoms with Crippen molar-refractivity contribution in [2.75, 3.05) is 37.7 Å². The van der Waals surface area contributed by atoms with Gasteiger partial charge in [-0.15, -0.1) is 0 Å². The van der Waals surface area contributed by atoms with Crippen LogP contribution in [0.2, 0.25) is 0 Å². The van der Waals surface area contributed by atoms with Crippen molar-refractivity contribution in [1.29, 1.82) is 0 Å². The number of nitrogens with zero attached hydrogens (tertiary/aromatic N) is 2. The van der Waals surface area contributed by atoms with Crippen LogP contribution in [0, 0.1) is 0 Å². The standard InChI is InChI=1S/C28H44N4O2P2S2/c1-5-35(33,6-2)29-27(37)31(23-25-17-11-9-12-18-25)21-15-16-22-32(24-26-19-13-10-14-20-26)28(38)30-36(34,7-3)8-4/h9-14,17-20H,5-8,15-16,21-24H2,1-4H3,(H,29,33,37)(H,30,34,38). The average molecular weight is 595 g/mol. The van der Waals surface area contributed by atoms with Crippen molar-refractivity contribution in [3.63, 3.8) is 0 Å². The number of nitrogens with one attached hydrogen (secondary N) is 2. The summed E-state index contributed by atoms with van der Waals surface area (Å²) in [5.41, 5.74) is 2.32. The molecular formula is C28H44N4O2P2S2. The summed E-state index contributed by atoms with van der Waals surface area (Å²) in [7, 11) is -5.04. The number of hydrogen-bond donors (Lipinski definition) is 2. The Morgan fingerprint density at radius 2 is 0.947 bits per heavy atom. The molecule has 10 heteroatoms. The molecule has 2 aromatic carbocycles. The molecule has 0 aliphatic carbocycles. The summed E-state index contributed by atoms with van der Waals surface area (Å²) in [4.78, 5) is 4.23. The highest BCUT2D eigenvalue weighted by molar-refractivity contribution is 7.81. The molecule has 2 rings (SSSR count). The first-order chi connectivity index (χ1) is 18.2. The minimum Gasteiger partial charge on any atom is -0.345 e. The minimum absolute atomic E-state index is 0.547. The number of hydrogen-bond acceptors (Lipinski definition) is 4. The van der Waals surface area contributed by atoms with E-state index in [0.717, 1.165) is 37.1 Å². The summed E-state index contributed by atoms with van der Waals surface area (Å²) in [6.45, 7) is 10.5. The molecule has 0 fully saturated rings. The SMILES string of the molecule is CCP(=O)(CC)NC(=S)N(CCCCN(Cc1ccccc1)C(=S)NP(=O)(CC)CC)Cc1ccccc1. The third kappa shape index (κ3) is 10.8. The van der Waals surface area contributed by atoms with Gasteiger partial charge in [0.05, 0.1) is 0 Å². The second-order valence-electron chi connectivity index (χ2n) is 9.40. The quantitative estimate of drug-likeness (QED) is 0.128. The van der Waals surface area contributed by atoms with E-state index in [2.05, 4.69) is 44.2 Å². The second-order valence-corrected chi connectivity index (χ2v) is 16.7. The van der Waals surface area contributed by atoms with Crippen molar-refractivity contribution >= 4 is 49.2 Å². The lowest BCUT2D eigenvalue weighted by Gasteiger charge is -2.30. The molecule has 0 radical (unpaired) electrons. The maximum absolute atomic E-state index is 13.1. The van der Waals surface area contributed by atoms with Gasteiger partial charge in [-0.1, -0.05) is 88.4 Å². The maximum atomic E-state index is 13.1. The Balaban J connectivity index is 2.08. The zero-order valence-electron chi connectivity index (χ0n) is 23.3. The van der Waals surface area contributed by atoms with E-state index in [0.29, 0.717) is 48.0 Å². The van der Waals surface area contributed by atoms with E-state index < -0.39 is 14.6 Å². The largest absolute Gasteiger partial charge is 0.345 e. The van der Waals surface area contributed by atoms with Crippen molar-refractivity contribution in [2.24, 2.45) is 0 Å². The molecule has 2 N–H and O–H groups in total. The zero-order chi connectivity index (χ0) is 28.0. The average Bonchev–Trinajstić information content (AvgIpc) is 2.94. The lowest BCUT2D eigenvalue weighted by atomic mass is 10.2. The molecule has 210 valence electrons. The van der Waals surface area contributed by atoms with E-state index in [1.54, 1.807) is 0 Å². The summed E-state index contributed by atoms with van der Waals surface area (Å²) in [5, 5.41) is 7.48. The van der Waals surface area contributed by atoms with Crippen LogP contribution in [-0.4, -0.2) is 57.8 Å². The smallest absolute Gasteiger partial charge is 0.174 e. The van der Waals surface area contributed by atoms with Crippen LogP contribution in [0.1, 0.15) is 51.7 Å². The molecule has 38 heavy (non-hydrogen) atoms. The number of rotatable bonds is 15. The van der Waals surface area contributed by atoms with Crippen molar-refractivity contribution in [3.8, 4) is 0 Å². The Morgan fingerprint density at radius 1 is 0.632 bits per heavy atom. The van der Waals surface area contributed by atoms with E-state index >= 15 is 0 Å². The molecule has 0 aliphatic heterocycles. The summed E-state index contributed by atoms with van der Waals surface area (Å²) in [6, 6.07) is 20.4. The summed E-state index contributed by atoms with van der Waals surface area (Å²) in [5.74, 6) is 0. The van der Waals surface area contributed by atoms with Gasteiger partial charge < -0.3 is 29.1 Å². The van der Waals surface area contributed by atoms with Gasteiger partial charge in [0.15, 0.2) is 24.8 Å². The molecule has 0 heterocycles. The highest BCUT2D eigenvalue weighted by Crippen LogP contribution is 2.40. The first-order valence-corrected chi connectivity index (χ1v) is 18.5. The van der Waals surface area contributed by atoms with Crippen LogP contribution >= 0.6 is 39.0 Å². The van der Waals surface area contributed by atoms with Crippen LogP contribution in [0.3, 0.4) is 0 Å². The van der Waals surface area contributed by atoms with Crippen LogP contribution in [0.4, 0.5) is 0 Å². The molecule has 0 aromatic heterocycles. The Hall–Kier alpha value is -1.72. The van der Waals surface area contributed by atoms with E-state index in [9.17, 15) is 9.13 Å². The molecule has 0 saturated heterocycles. The zero-order valence-corrected chi connectivity index (χ0v) is 26.7. The molecule has 6 nitrogen and oxygen atoms in total. The van der Waals surface area contributed by atoms with Gasteiger partial charge in [-0.2, -0.15) is 0 Å².